The first-order chi connectivity index (χ1) is 8.61. The molecule has 1 N–H and O–H groups in total. The van der Waals surface area contributed by atoms with Crippen molar-refractivity contribution in [2.45, 2.75) is 25.5 Å². The number of nitrogens with zero attached hydrogens (tertiary/aromatic N) is 2. The Labute approximate surface area is 114 Å². The predicted octanol–water partition coefficient (Wildman–Crippen LogP) is 2.36. The number of aliphatic hydroxyl groups excluding tert-OH is 1. The SMILES string of the molecule is CN1CCCC(N(C)c2cc(Cl)ccc2CO)C1. The molecule has 1 heterocycles. The van der Waals surface area contributed by atoms with Crippen LogP contribution in [0.5, 0.6) is 0 Å². The van der Waals surface area contributed by atoms with Crippen LogP contribution in [0.3, 0.4) is 0 Å². The molecule has 1 unspecified atom stereocenters. The lowest BCUT2D eigenvalue weighted by molar-refractivity contribution is 0.246. The number of likely N-dealkylation sites (tertiary alicyclic amines) is 1. The molecule has 4 heteroatoms. The molecule has 0 spiro atoms. The van der Waals surface area contributed by atoms with Crippen LogP contribution in [0.2, 0.25) is 5.02 Å². The van der Waals surface area contributed by atoms with Gasteiger partial charge in [0.05, 0.1) is 6.61 Å². The van der Waals surface area contributed by atoms with Gasteiger partial charge in [-0.25, -0.2) is 0 Å². The van der Waals surface area contributed by atoms with Crippen molar-refractivity contribution in [1.82, 2.24) is 4.90 Å². The third-order valence-corrected chi connectivity index (χ3v) is 3.98. The van der Waals surface area contributed by atoms with Crippen molar-refractivity contribution in [2.24, 2.45) is 0 Å². The highest BCUT2D eigenvalue weighted by Crippen LogP contribution is 2.27. The minimum absolute atomic E-state index is 0.0550. The van der Waals surface area contributed by atoms with Gasteiger partial charge in [-0.05, 0) is 38.6 Å². The van der Waals surface area contributed by atoms with E-state index in [1.165, 1.54) is 19.4 Å². The van der Waals surface area contributed by atoms with E-state index in [4.69, 9.17) is 11.6 Å². The van der Waals surface area contributed by atoms with Gasteiger partial charge in [-0.2, -0.15) is 0 Å². The summed E-state index contributed by atoms with van der Waals surface area (Å²) in [6, 6.07) is 6.17. The van der Waals surface area contributed by atoms with Crippen LogP contribution in [-0.2, 0) is 6.61 Å². The fraction of sp³-hybridized carbons (Fsp3) is 0.571. The topological polar surface area (TPSA) is 26.7 Å². The van der Waals surface area contributed by atoms with E-state index >= 15 is 0 Å². The Bertz CT molecular complexity index is 411. The van der Waals surface area contributed by atoms with E-state index in [2.05, 4.69) is 23.9 Å². The lowest BCUT2D eigenvalue weighted by atomic mass is 10.0. The number of hydrogen-bond acceptors (Lipinski definition) is 3. The number of anilines is 1. The van der Waals surface area contributed by atoms with E-state index < -0.39 is 0 Å². The minimum Gasteiger partial charge on any atom is -0.392 e. The fourth-order valence-electron chi connectivity index (χ4n) is 2.65. The Morgan fingerprint density at radius 2 is 2.28 bits per heavy atom. The average Bonchev–Trinajstić information content (AvgIpc) is 2.38. The molecule has 18 heavy (non-hydrogen) atoms. The third-order valence-electron chi connectivity index (χ3n) is 3.75. The van der Waals surface area contributed by atoms with Crippen LogP contribution in [-0.4, -0.2) is 43.2 Å². The number of hydrogen-bond donors (Lipinski definition) is 1. The number of halogens is 1. The number of likely N-dealkylation sites (N-methyl/N-ethyl adjacent to an activating group) is 2. The summed E-state index contributed by atoms with van der Waals surface area (Å²) in [5.41, 5.74) is 1.99. The van der Waals surface area contributed by atoms with Gasteiger partial charge in [-0.3, -0.25) is 0 Å². The summed E-state index contributed by atoms with van der Waals surface area (Å²) in [5.74, 6) is 0. The van der Waals surface area contributed by atoms with Gasteiger partial charge in [-0.15, -0.1) is 0 Å². The summed E-state index contributed by atoms with van der Waals surface area (Å²) in [6.07, 6.45) is 2.42. The smallest absolute Gasteiger partial charge is 0.0702 e. The van der Waals surface area contributed by atoms with Crippen molar-refractivity contribution < 1.29 is 5.11 Å². The Balaban J connectivity index is 2.21. The van der Waals surface area contributed by atoms with Gasteiger partial charge in [0.2, 0.25) is 0 Å². The minimum atomic E-state index is 0.0550. The zero-order chi connectivity index (χ0) is 13.1. The lowest BCUT2D eigenvalue weighted by Gasteiger charge is -2.37. The highest BCUT2D eigenvalue weighted by atomic mass is 35.5. The summed E-state index contributed by atoms with van der Waals surface area (Å²) >= 11 is 6.07. The monoisotopic (exact) mass is 268 g/mol. The van der Waals surface area contributed by atoms with E-state index in [-0.39, 0.29) is 6.61 Å². The fourth-order valence-corrected chi connectivity index (χ4v) is 2.82. The predicted molar refractivity (Wildman–Crippen MR) is 76.3 cm³/mol. The second-order valence-corrected chi connectivity index (χ2v) is 5.54. The number of aliphatic hydroxyl groups is 1. The second kappa shape index (κ2) is 5.91. The molecule has 0 aliphatic carbocycles. The molecule has 1 fully saturated rings. The van der Waals surface area contributed by atoms with Gasteiger partial charge >= 0.3 is 0 Å². The number of rotatable bonds is 3. The van der Waals surface area contributed by atoms with Crippen molar-refractivity contribution in [3.8, 4) is 0 Å². The van der Waals surface area contributed by atoms with Crippen molar-refractivity contribution in [1.29, 1.82) is 0 Å². The van der Waals surface area contributed by atoms with E-state index in [1.807, 2.05) is 18.2 Å². The first kappa shape index (κ1) is 13.7. The molecule has 1 aromatic rings. The average molecular weight is 269 g/mol. The van der Waals surface area contributed by atoms with Crippen molar-refractivity contribution in [3.05, 3.63) is 28.8 Å². The lowest BCUT2D eigenvalue weighted by Crippen LogP contribution is -2.45. The van der Waals surface area contributed by atoms with Crippen LogP contribution >= 0.6 is 11.6 Å². The van der Waals surface area contributed by atoms with E-state index in [9.17, 15) is 5.11 Å². The molecule has 0 bridgehead atoms. The molecule has 2 rings (SSSR count). The Hall–Kier alpha value is -0.770. The molecule has 3 nitrogen and oxygen atoms in total. The third kappa shape index (κ3) is 2.97. The summed E-state index contributed by atoms with van der Waals surface area (Å²) < 4.78 is 0. The van der Waals surface area contributed by atoms with Crippen molar-refractivity contribution in [2.75, 3.05) is 32.1 Å². The van der Waals surface area contributed by atoms with Gasteiger partial charge in [0.25, 0.3) is 0 Å². The van der Waals surface area contributed by atoms with Crippen LogP contribution in [0, 0.1) is 0 Å². The second-order valence-electron chi connectivity index (χ2n) is 5.10. The van der Waals surface area contributed by atoms with E-state index in [0.29, 0.717) is 6.04 Å². The van der Waals surface area contributed by atoms with E-state index in [0.717, 1.165) is 22.8 Å². The molecular formula is C14H21ClN2O. The first-order valence-electron chi connectivity index (χ1n) is 6.42. The molecule has 1 aliphatic heterocycles. The Kier molecular flexibility index (Phi) is 4.49. The summed E-state index contributed by atoms with van der Waals surface area (Å²) in [6.45, 7) is 2.29. The zero-order valence-corrected chi connectivity index (χ0v) is 11.8. The van der Waals surface area contributed by atoms with Gasteiger partial charge in [0.15, 0.2) is 0 Å². The summed E-state index contributed by atoms with van der Waals surface area (Å²) in [5, 5.41) is 10.1. The van der Waals surface area contributed by atoms with Crippen LogP contribution in [0.25, 0.3) is 0 Å². The Morgan fingerprint density at radius 1 is 1.50 bits per heavy atom. The molecule has 0 amide bonds. The van der Waals surface area contributed by atoms with Gasteiger partial charge in [0.1, 0.15) is 0 Å². The van der Waals surface area contributed by atoms with Crippen LogP contribution in [0.15, 0.2) is 18.2 Å². The van der Waals surface area contributed by atoms with Gasteiger partial charge in [0, 0.05) is 35.9 Å². The maximum Gasteiger partial charge on any atom is 0.0702 e. The molecular weight excluding hydrogens is 248 g/mol. The normalized spacial score (nSPS) is 21.0. The van der Waals surface area contributed by atoms with E-state index in [1.54, 1.807) is 0 Å². The molecule has 1 aromatic carbocycles. The zero-order valence-electron chi connectivity index (χ0n) is 11.1. The Morgan fingerprint density at radius 3 is 2.94 bits per heavy atom. The first-order valence-corrected chi connectivity index (χ1v) is 6.80. The van der Waals surface area contributed by atoms with Gasteiger partial charge < -0.3 is 14.9 Å². The van der Waals surface area contributed by atoms with Crippen LogP contribution in [0.1, 0.15) is 18.4 Å². The van der Waals surface area contributed by atoms with Gasteiger partial charge in [-0.1, -0.05) is 17.7 Å². The number of piperidine rings is 1. The maximum atomic E-state index is 9.43. The van der Waals surface area contributed by atoms with Crippen LogP contribution in [0.4, 0.5) is 5.69 Å². The number of benzene rings is 1. The molecule has 1 saturated heterocycles. The quantitative estimate of drug-likeness (QED) is 0.912. The molecule has 0 aromatic heterocycles. The molecule has 0 radical (unpaired) electrons. The van der Waals surface area contributed by atoms with Crippen molar-refractivity contribution >= 4 is 17.3 Å². The molecule has 100 valence electrons. The summed E-state index contributed by atoms with van der Waals surface area (Å²) in [7, 11) is 4.25. The van der Waals surface area contributed by atoms with Crippen LogP contribution < -0.4 is 4.90 Å². The molecule has 0 saturated carbocycles. The highest BCUT2D eigenvalue weighted by molar-refractivity contribution is 6.30. The molecule has 1 aliphatic rings. The summed E-state index contributed by atoms with van der Waals surface area (Å²) in [4.78, 5) is 4.61. The highest BCUT2D eigenvalue weighted by Gasteiger charge is 2.22. The van der Waals surface area contributed by atoms with Crippen molar-refractivity contribution in [3.63, 3.8) is 0 Å². The molecule has 1 atom stereocenters. The maximum absolute atomic E-state index is 9.43. The largest absolute Gasteiger partial charge is 0.392 e. The standard InChI is InChI=1S/C14H21ClN2O/c1-16-7-3-4-13(9-16)17(2)14-8-12(15)6-5-11(14)10-18/h5-6,8,13,18H,3-4,7,9-10H2,1-2H3.